The molecule has 0 spiro atoms. The molecular weight excluding hydrogens is 396 g/mol. The zero-order valence-corrected chi connectivity index (χ0v) is 17.0. The molecule has 4 rings (SSSR count). The van der Waals surface area contributed by atoms with Crippen LogP contribution in [0.5, 0.6) is 0 Å². The summed E-state index contributed by atoms with van der Waals surface area (Å²) in [5.41, 5.74) is 1.62. The van der Waals surface area contributed by atoms with Crippen molar-refractivity contribution in [2.24, 2.45) is 0 Å². The smallest absolute Gasteiger partial charge is 0.272 e. The number of hydrogen-bond acceptors (Lipinski definition) is 6. The number of thiophene rings is 2. The molecule has 0 aliphatic rings. The van der Waals surface area contributed by atoms with Gasteiger partial charge in [-0.15, -0.1) is 29.3 Å². The highest BCUT2D eigenvalue weighted by Gasteiger charge is 2.18. The number of thioether (sulfide) groups is 1. The number of carbonyl (C=O) groups is 1. The lowest BCUT2D eigenvalue weighted by Gasteiger charge is -2.09. The molecule has 3 aromatic heterocycles. The van der Waals surface area contributed by atoms with E-state index in [9.17, 15) is 9.59 Å². The van der Waals surface area contributed by atoms with Gasteiger partial charge < -0.3 is 0 Å². The molecule has 0 fully saturated rings. The summed E-state index contributed by atoms with van der Waals surface area (Å²) in [7, 11) is 0. The van der Waals surface area contributed by atoms with E-state index in [2.05, 4.69) is 11.6 Å². The summed E-state index contributed by atoms with van der Waals surface area (Å²) in [5, 5.41) is 3.53. The number of allylic oxidation sites excluding steroid dienone is 1. The SMILES string of the molecule is C=CCn1c(SCC(=O)c2sc3ccccc3c2C)nc2ccsc2c1=O. The topological polar surface area (TPSA) is 52.0 Å². The van der Waals surface area contributed by atoms with Gasteiger partial charge in [0.2, 0.25) is 0 Å². The molecule has 3 heterocycles. The van der Waals surface area contributed by atoms with Gasteiger partial charge in [-0.1, -0.05) is 36.0 Å². The highest BCUT2D eigenvalue weighted by atomic mass is 32.2. The quantitative estimate of drug-likeness (QED) is 0.190. The van der Waals surface area contributed by atoms with Crippen molar-refractivity contribution in [1.29, 1.82) is 0 Å². The number of Topliss-reactive ketones (excluding diaryl/α,β-unsaturated/α-hetero) is 1. The van der Waals surface area contributed by atoms with Crippen LogP contribution in [0.2, 0.25) is 0 Å². The fraction of sp³-hybridized carbons (Fsp3) is 0.150. The number of aromatic nitrogens is 2. The number of nitrogens with zero attached hydrogens (tertiary/aromatic N) is 2. The van der Waals surface area contributed by atoms with Gasteiger partial charge in [0.05, 0.1) is 16.1 Å². The molecule has 0 atom stereocenters. The van der Waals surface area contributed by atoms with Crippen LogP contribution in [0.3, 0.4) is 0 Å². The Hall–Kier alpha value is -2.22. The lowest BCUT2D eigenvalue weighted by Crippen LogP contribution is -2.22. The Morgan fingerprint density at radius 2 is 2.15 bits per heavy atom. The summed E-state index contributed by atoms with van der Waals surface area (Å²) in [6, 6.07) is 9.87. The number of carbonyl (C=O) groups excluding carboxylic acids is 1. The summed E-state index contributed by atoms with van der Waals surface area (Å²) in [4.78, 5) is 30.9. The molecule has 0 saturated heterocycles. The van der Waals surface area contributed by atoms with Crippen LogP contribution in [0.15, 0.2) is 58.3 Å². The van der Waals surface area contributed by atoms with E-state index >= 15 is 0 Å². The van der Waals surface area contributed by atoms with Crippen LogP contribution in [-0.4, -0.2) is 21.1 Å². The Labute approximate surface area is 168 Å². The minimum atomic E-state index is -0.0807. The van der Waals surface area contributed by atoms with Gasteiger partial charge in [-0.25, -0.2) is 4.98 Å². The number of rotatable bonds is 6. The number of fused-ring (bicyclic) bond motifs is 2. The van der Waals surface area contributed by atoms with Gasteiger partial charge in [-0.2, -0.15) is 0 Å². The van der Waals surface area contributed by atoms with E-state index in [1.807, 2.05) is 42.6 Å². The third kappa shape index (κ3) is 3.26. The van der Waals surface area contributed by atoms with E-state index < -0.39 is 0 Å². The third-order valence-electron chi connectivity index (χ3n) is 4.27. The van der Waals surface area contributed by atoms with Gasteiger partial charge in [0.1, 0.15) is 4.70 Å². The molecule has 0 N–H and O–H groups in total. The lowest BCUT2D eigenvalue weighted by molar-refractivity contribution is 0.102. The highest BCUT2D eigenvalue weighted by Crippen LogP contribution is 2.32. The highest BCUT2D eigenvalue weighted by molar-refractivity contribution is 7.99. The minimum absolute atomic E-state index is 0.0588. The summed E-state index contributed by atoms with van der Waals surface area (Å²) in [6.07, 6.45) is 1.67. The van der Waals surface area contributed by atoms with Crippen LogP contribution in [0.1, 0.15) is 15.2 Å². The second-order valence-electron chi connectivity index (χ2n) is 6.00. The largest absolute Gasteiger partial charge is 0.292 e. The maximum absolute atomic E-state index is 12.8. The number of ketones is 1. The van der Waals surface area contributed by atoms with E-state index in [4.69, 9.17) is 0 Å². The molecule has 0 saturated carbocycles. The Morgan fingerprint density at radius 1 is 1.33 bits per heavy atom. The summed E-state index contributed by atoms with van der Waals surface area (Å²) in [5.74, 6) is 0.302. The van der Waals surface area contributed by atoms with E-state index in [-0.39, 0.29) is 17.1 Å². The minimum Gasteiger partial charge on any atom is -0.292 e. The van der Waals surface area contributed by atoms with Crippen molar-refractivity contribution < 1.29 is 4.79 Å². The molecular formula is C20H16N2O2S3. The number of aryl methyl sites for hydroxylation is 1. The predicted molar refractivity (Wildman–Crippen MR) is 116 cm³/mol. The monoisotopic (exact) mass is 412 g/mol. The van der Waals surface area contributed by atoms with Gasteiger partial charge in [-0.3, -0.25) is 14.2 Å². The summed E-state index contributed by atoms with van der Waals surface area (Å²) in [6.45, 7) is 6.09. The second kappa shape index (κ2) is 7.42. The van der Waals surface area contributed by atoms with Crippen molar-refractivity contribution in [1.82, 2.24) is 9.55 Å². The summed E-state index contributed by atoms with van der Waals surface area (Å²) >= 11 is 4.21. The Kier molecular flexibility index (Phi) is 4.99. The first-order valence-electron chi connectivity index (χ1n) is 8.33. The summed E-state index contributed by atoms with van der Waals surface area (Å²) < 4.78 is 3.33. The first kappa shape index (κ1) is 18.2. The van der Waals surface area contributed by atoms with Crippen LogP contribution >= 0.6 is 34.4 Å². The van der Waals surface area contributed by atoms with Gasteiger partial charge in [0, 0.05) is 11.2 Å². The van der Waals surface area contributed by atoms with Crippen LogP contribution in [0.25, 0.3) is 20.3 Å². The normalized spacial score (nSPS) is 11.3. The van der Waals surface area contributed by atoms with Crippen LogP contribution in [-0.2, 0) is 6.54 Å². The molecule has 0 aliphatic carbocycles. The van der Waals surface area contributed by atoms with Gasteiger partial charge in [-0.05, 0) is 35.4 Å². The fourth-order valence-electron chi connectivity index (χ4n) is 2.96. The molecule has 0 aliphatic heterocycles. The van der Waals surface area contributed by atoms with Gasteiger partial charge in [0.25, 0.3) is 5.56 Å². The van der Waals surface area contributed by atoms with Gasteiger partial charge in [0.15, 0.2) is 10.9 Å². The maximum atomic E-state index is 12.8. The van der Waals surface area contributed by atoms with Crippen molar-refractivity contribution in [3.63, 3.8) is 0 Å². The van der Waals surface area contributed by atoms with E-state index in [1.165, 1.54) is 34.4 Å². The van der Waals surface area contributed by atoms with Crippen LogP contribution < -0.4 is 5.56 Å². The number of benzene rings is 1. The van der Waals surface area contributed by atoms with Crippen LogP contribution in [0, 0.1) is 6.92 Å². The fourth-order valence-corrected chi connectivity index (χ4v) is 5.86. The zero-order chi connectivity index (χ0) is 19.0. The molecule has 7 heteroatoms. The molecule has 0 unspecified atom stereocenters. The predicted octanol–water partition coefficient (Wildman–Crippen LogP) is 5.14. The molecule has 136 valence electrons. The molecule has 0 radical (unpaired) electrons. The Morgan fingerprint density at radius 3 is 2.93 bits per heavy atom. The first-order chi connectivity index (χ1) is 13.1. The Balaban J connectivity index is 1.65. The van der Waals surface area contributed by atoms with Crippen LogP contribution in [0.4, 0.5) is 0 Å². The zero-order valence-electron chi connectivity index (χ0n) is 14.6. The maximum Gasteiger partial charge on any atom is 0.272 e. The third-order valence-corrected chi connectivity index (χ3v) is 7.45. The molecule has 0 bridgehead atoms. The molecule has 4 aromatic rings. The second-order valence-corrected chi connectivity index (χ2v) is 8.91. The van der Waals surface area contributed by atoms with Crippen molar-refractivity contribution in [2.75, 3.05) is 5.75 Å². The lowest BCUT2D eigenvalue weighted by atomic mass is 10.1. The van der Waals surface area contributed by atoms with Crippen molar-refractivity contribution >= 4 is 60.5 Å². The van der Waals surface area contributed by atoms with Crippen molar-refractivity contribution in [3.8, 4) is 0 Å². The molecule has 1 aromatic carbocycles. The van der Waals surface area contributed by atoms with E-state index in [0.29, 0.717) is 21.9 Å². The molecule has 4 nitrogen and oxygen atoms in total. The van der Waals surface area contributed by atoms with E-state index in [1.54, 1.807) is 10.6 Å². The molecule has 0 amide bonds. The number of hydrogen-bond donors (Lipinski definition) is 0. The average Bonchev–Trinajstić information content (AvgIpc) is 3.27. The van der Waals surface area contributed by atoms with E-state index in [0.717, 1.165) is 20.5 Å². The van der Waals surface area contributed by atoms with Gasteiger partial charge >= 0.3 is 0 Å². The standard InChI is InChI=1S/C20H16N2O2S3/c1-3-9-22-19(24)18-14(8-10-25-18)21-20(22)26-11-15(23)17-12(2)13-6-4-5-7-16(13)27-17/h3-8,10H,1,9,11H2,2H3. The Bertz CT molecular complexity index is 1230. The first-order valence-corrected chi connectivity index (χ1v) is 11.0. The average molecular weight is 413 g/mol. The molecule has 27 heavy (non-hydrogen) atoms. The van der Waals surface area contributed by atoms with Crippen molar-refractivity contribution in [2.45, 2.75) is 18.6 Å². The van der Waals surface area contributed by atoms with Crippen molar-refractivity contribution in [3.05, 3.63) is 69.2 Å².